The molecule has 1 aliphatic rings. The highest BCUT2D eigenvalue weighted by atomic mass is 16.6. The minimum absolute atomic E-state index is 0.132. The maximum Gasteiger partial charge on any atom is 0.273 e. The zero-order valence-electron chi connectivity index (χ0n) is 13.0. The Morgan fingerprint density at radius 3 is 2.83 bits per heavy atom. The number of non-ortho nitro benzene ring substituents is 1. The summed E-state index contributed by atoms with van der Waals surface area (Å²) in [6, 6.07) is 9.23. The number of hydrogen-bond acceptors (Lipinski definition) is 6. The number of rotatable bonds is 6. The van der Waals surface area contributed by atoms with Gasteiger partial charge in [0, 0.05) is 18.1 Å². The number of methoxy groups -OCH3 is 1. The molecule has 7 nitrogen and oxygen atoms in total. The second-order valence-electron chi connectivity index (χ2n) is 5.23. The maximum atomic E-state index is 12.3. The molecule has 1 aliphatic heterocycles. The van der Waals surface area contributed by atoms with Crippen molar-refractivity contribution in [2.24, 2.45) is 0 Å². The molecule has 2 aromatic rings. The summed E-state index contributed by atoms with van der Waals surface area (Å²) >= 11 is 0. The van der Waals surface area contributed by atoms with Crippen LogP contribution in [0.15, 0.2) is 36.4 Å². The number of nitrogens with zero attached hydrogens (tertiary/aromatic N) is 1. The van der Waals surface area contributed by atoms with Gasteiger partial charge in [-0.05, 0) is 29.8 Å². The standard InChI is InChI=1S/C17H15NO6/c1-22-16-5-3-13(18(20)21)9-17(16)24-10-14(19)11-2-4-15-12(8-11)6-7-23-15/h2-5,8-9H,6-7,10H2,1H3. The third kappa shape index (κ3) is 3.15. The van der Waals surface area contributed by atoms with Gasteiger partial charge in [-0.15, -0.1) is 0 Å². The first-order valence-corrected chi connectivity index (χ1v) is 7.32. The number of Topliss-reactive ketones (excluding diaryl/α,β-unsaturated/α-hetero) is 1. The number of carbonyl (C=O) groups is 1. The summed E-state index contributed by atoms with van der Waals surface area (Å²) in [5.41, 5.74) is 1.38. The maximum absolute atomic E-state index is 12.3. The van der Waals surface area contributed by atoms with Crippen molar-refractivity contribution in [1.82, 2.24) is 0 Å². The fourth-order valence-electron chi connectivity index (χ4n) is 2.48. The number of nitro groups is 1. The first-order valence-electron chi connectivity index (χ1n) is 7.32. The molecular formula is C17H15NO6. The summed E-state index contributed by atoms with van der Waals surface area (Å²) in [7, 11) is 1.43. The van der Waals surface area contributed by atoms with Crippen molar-refractivity contribution < 1.29 is 23.9 Å². The quantitative estimate of drug-likeness (QED) is 0.460. The summed E-state index contributed by atoms with van der Waals surface area (Å²) in [4.78, 5) is 22.6. The van der Waals surface area contributed by atoms with Gasteiger partial charge in [-0.2, -0.15) is 0 Å². The van der Waals surface area contributed by atoms with E-state index < -0.39 is 4.92 Å². The van der Waals surface area contributed by atoms with Crippen LogP contribution < -0.4 is 14.2 Å². The van der Waals surface area contributed by atoms with Crippen molar-refractivity contribution in [3.8, 4) is 17.2 Å². The van der Waals surface area contributed by atoms with E-state index in [0.717, 1.165) is 17.7 Å². The van der Waals surface area contributed by atoms with Crippen molar-refractivity contribution in [3.05, 3.63) is 57.6 Å². The Kier molecular flexibility index (Phi) is 4.33. The Hall–Kier alpha value is -3.09. The van der Waals surface area contributed by atoms with Gasteiger partial charge in [-0.1, -0.05) is 0 Å². The lowest BCUT2D eigenvalue weighted by Crippen LogP contribution is -2.12. The molecule has 2 aromatic carbocycles. The number of benzene rings is 2. The Morgan fingerprint density at radius 1 is 1.25 bits per heavy atom. The molecule has 0 saturated heterocycles. The minimum Gasteiger partial charge on any atom is -0.493 e. The molecule has 0 aromatic heterocycles. The van der Waals surface area contributed by atoms with Crippen LogP contribution in [0, 0.1) is 10.1 Å². The number of nitro benzene ring substituents is 1. The van der Waals surface area contributed by atoms with Crippen LogP contribution in [0.3, 0.4) is 0 Å². The predicted molar refractivity (Wildman–Crippen MR) is 85.1 cm³/mol. The van der Waals surface area contributed by atoms with Gasteiger partial charge in [0.05, 0.1) is 24.7 Å². The summed E-state index contributed by atoms with van der Waals surface area (Å²) in [6.07, 6.45) is 0.774. The normalized spacial score (nSPS) is 12.2. The highest BCUT2D eigenvalue weighted by Crippen LogP contribution is 2.31. The van der Waals surface area contributed by atoms with Crippen molar-refractivity contribution >= 4 is 11.5 Å². The topological polar surface area (TPSA) is 87.9 Å². The molecule has 0 atom stereocenters. The van der Waals surface area contributed by atoms with Gasteiger partial charge in [0.25, 0.3) is 5.69 Å². The molecule has 0 amide bonds. The van der Waals surface area contributed by atoms with E-state index in [4.69, 9.17) is 14.2 Å². The first kappa shape index (κ1) is 15.8. The number of ether oxygens (including phenoxy) is 3. The van der Waals surface area contributed by atoms with Crippen LogP contribution in [0.25, 0.3) is 0 Å². The zero-order valence-corrected chi connectivity index (χ0v) is 13.0. The lowest BCUT2D eigenvalue weighted by molar-refractivity contribution is -0.385. The average molecular weight is 329 g/mol. The summed E-state index contributed by atoms with van der Waals surface area (Å²) in [6.45, 7) is 0.380. The molecule has 0 N–H and O–H groups in total. The third-order valence-corrected chi connectivity index (χ3v) is 3.73. The molecule has 1 heterocycles. The summed E-state index contributed by atoms with van der Waals surface area (Å²) < 4.78 is 16.0. The smallest absolute Gasteiger partial charge is 0.273 e. The summed E-state index contributed by atoms with van der Waals surface area (Å²) in [5.74, 6) is 1.06. The molecule has 3 rings (SSSR count). The SMILES string of the molecule is COc1ccc([N+](=O)[O-])cc1OCC(=O)c1ccc2c(c1)CCO2. The Morgan fingerprint density at radius 2 is 2.08 bits per heavy atom. The molecule has 0 aliphatic carbocycles. The van der Waals surface area contributed by atoms with E-state index in [2.05, 4.69) is 0 Å². The lowest BCUT2D eigenvalue weighted by atomic mass is 10.1. The van der Waals surface area contributed by atoms with Crippen LogP contribution in [0.4, 0.5) is 5.69 Å². The predicted octanol–water partition coefficient (Wildman–Crippen LogP) is 2.80. The molecule has 7 heteroatoms. The third-order valence-electron chi connectivity index (χ3n) is 3.73. The number of ketones is 1. The molecule has 0 radical (unpaired) electrons. The fourth-order valence-corrected chi connectivity index (χ4v) is 2.48. The average Bonchev–Trinajstić information content (AvgIpc) is 3.06. The van der Waals surface area contributed by atoms with E-state index in [-0.39, 0.29) is 23.8 Å². The highest BCUT2D eigenvalue weighted by Gasteiger charge is 2.17. The van der Waals surface area contributed by atoms with Gasteiger partial charge in [-0.3, -0.25) is 14.9 Å². The first-order chi connectivity index (χ1) is 11.6. The number of carbonyl (C=O) groups excluding carboxylic acids is 1. The molecule has 124 valence electrons. The molecule has 0 unspecified atom stereocenters. The van der Waals surface area contributed by atoms with E-state index in [1.54, 1.807) is 18.2 Å². The van der Waals surface area contributed by atoms with Crippen LogP contribution in [0.1, 0.15) is 15.9 Å². The van der Waals surface area contributed by atoms with E-state index in [0.29, 0.717) is 17.9 Å². The van der Waals surface area contributed by atoms with Crippen LogP contribution in [0.2, 0.25) is 0 Å². The molecule has 0 bridgehead atoms. The minimum atomic E-state index is -0.533. The Balaban J connectivity index is 1.74. The van der Waals surface area contributed by atoms with Crippen molar-refractivity contribution in [3.63, 3.8) is 0 Å². The van der Waals surface area contributed by atoms with Gasteiger partial charge in [0.1, 0.15) is 5.75 Å². The largest absolute Gasteiger partial charge is 0.493 e. The van der Waals surface area contributed by atoms with E-state index >= 15 is 0 Å². The van der Waals surface area contributed by atoms with Gasteiger partial charge in [-0.25, -0.2) is 0 Å². The number of fused-ring (bicyclic) bond motifs is 1. The van der Waals surface area contributed by atoms with Crippen molar-refractivity contribution in [2.75, 3.05) is 20.3 Å². The Bertz CT molecular complexity index is 802. The second kappa shape index (κ2) is 6.57. The van der Waals surface area contributed by atoms with Gasteiger partial charge in [0.15, 0.2) is 23.9 Å². The van der Waals surface area contributed by atoms with Crippen molar-refractivity contribution in [1.29, 1.82) is 0 Å². The van der Waals surface area contributed by atoms with Crippen LogP contribution >= 0.6 is 0 Å². The second-order valence-corrected chi connectivity index (χ2v) is 5.23. The molecule has 0 fully saturated rings. The van der Waals surface area contributed by atoms with Gasteiger partial charge < -0.3 is 14.2 Å². The highest BCUT2D eigenvalue weighted by molar-refractivity contribution is 5.97. The van der Waals surface area contributed by atoms with E-state index in [1.165, 1.54) is 25.3 Å². The van der Waals surface area contributed by atoms with Crippen molar-refractivity contribution in [2.45, 2.75) is 6.42 Å². The van der Waals surface area contributed by atoms with E-state index in [1.807, 2.05) is 0 Å². The Labute approximate surface area is 137 Å². The zero-order chi connectivity index (χ0) is 17.1. The number of hydrogen-bond donors (Lipinski definition) is 0. The molecule has 0 saturated carbocycles. The molecule has 24 heavy (non-hydrogen) atoms. The van der Waals surface area contributed by atoms with E-state index in [9.17, 15) is 14.9 Å². The van der Waals surface area contributed by atoms with Crippen LogP contribution in [-0.4, -0.2) is 31.0 Å². The van der Waals surface area contributed by atoms with Crippen LogP contribution in [0.5, 0.6) is 17.2 Å². The lowest BCUT2D eigenvalue weighted by Gasteiger charge is -2.10. The molecular weight excluding hydrogens is 314 g/mol. The van der Waals surface area contributed by atoms with Gasteiger partial charge in [0.2, 0.25) is 0 Å². The summed E-state index contributed by atoms with van der Waals surface area (Å²) in [5, 5.41) is 10.9. The molecule has 0 spiro atoms. The van der Waals surface area contributed by atoms with Gasteiger partial charge >= 0.3 is 0 Å². The monoisotopic (exact) mass is 329 g/mol. The van der Waals surface area contributed by atoms with Crippen LogP contribution in [-0.2, 0) is 6.42 Å². The fraction of sp³-hybridized carbons (Fsp3) is 0.235.